The largest absolute Gasteiger partial charge is 0.493 e. The lowest BCUT2D eigenvalue weighted by atomic mass is 10.0. The van der Waals surface area contributed by atoms with Crippen molar-refractivity contribution >= 4 is 40.6 Å². The number of methoxy groups -OCH3 is 2. The van der Waals surface area contributed by atoms with Crippen molar-refractivity contribution in [3.05, 3.63) is 64.4 Å². The zero-order valence-electron chi connectivity index (χ0n) is 21.5. The molecule has 0 aliphatic carbocycles. The molecule has 3 amide bonds. The van der Waals surface area contributed by atoms with Gasteiger partial charge in [-0.15, -0.1) is 0 Å². The van der Waals surface area contributed by atoms with Crippen LogP contribution in [-0.4, -0.2) is 42.9 Å². The predicted molar refractivity (Wildman–Crippen MR) is 143 cm³/mol. The van der Waals surface area contributed by atoms with E-state index in [-0.39, 0.29) is 21.9 Å². The number of anilines is 2. The standard InChI is InChI=1S/C26H30FN5O5S/c1-14(2)11-12-30-25(34)22(15-5-10-18(36-3)19(13-15)37-4)32(17-8-6-16(27)7-9-17)26(35)23-20(28)21(24(29)33)31-38-23/h5-10,13-14,22H,11-12,28H2,1-4H3,(H2,29,33)(H,30,34)/t22-/m0/s1. The van der Waals surface area contributed by atoms with Crippen molar-refractivity contribution in [3.8, 4) is 11.5 Å². The molecule has 5 N–H and O–H groups in total. The molecule has 0 aliphatic heterocycles. The Balaban J connectivity index is 2.21. The van der Waals surface area contributed by atoms with Crippen molar-refractivity contribution in [1.29, 1.82) is 0 Å². The third-order valence-electron chi connectivity index (χ3n) is 5.73. The van der Waals surface area contributed by atoms with E-state index < -0.39 is 29.6 Å². The van der Waals surface area contributed by atoms with E-state index in [0.29, 0.717) is 47.5 Å². The summed E-state index contributed by atoms with van der Waals surface area (Å²) in [6.07, 6.45) is 0.707. The molecule has 0 bridgehead atoms. The van der Waals surface area contributed by atoms with Crippen molar-refractivity contribution in [1.82, 2.24) is 9.69 Å². The number of carbonyl (C=O) groups excluding carboxylic acids is 3. The van der Waals surface area contributed by atoms with Gasteiger partial charge >= 0.3 is 0 Å². The van der Waals surface area contributed by atoms with Crippen LogP contribution in [0, 0.1) is 11.7 Å². The molecular weight excluding hydrogens is 513 g/mol. The number of primary amides is 1. The minimum atomic E-state index is -1.24. The molecule has 12 heteroatoms. The molecule has 10 nitrogen and oxygen atoms in total. The van der Waals surface area contributed by atoms with Crippen molar-refractivity contribution in [2.24, 2.45) is 11.7 Å². The topological polar surface area (TPSA) is 150 Å². The maximum Gasteiger partial charge on any atom is 0.273 e. The number of nitrogens with two attached hydrogens (primary N) is 2. The van der Waals surface area contributed by atoms with Crippen LogP contribution in [0.1, 0.15) is 52.0 Å². The zero-order valence-corrected chi connectivity index (χ0v) is 22.3. The second kappa shape index (κ2) is 12.4. The summed E-state index contributed by atoms with van der Waals surface area (Å²) in [5, 5.41) is 2.89. The van der Waals surface area contributed by atoms with Crippen LogP contribution in [0.2, 0.25) is 0 Å². The molecule has 1 aromatic heterocycles. The number of carbonyl (C=O) groups is 3. The molecule has 0 radical (unpaired) electrons. The van der Waals surface area contributed by atoms with E-state index in [9.17, 15) is 18.8 Å². The fraction of sp³-hybridized carbons (Fsp3) is 0.308. The molecule has 0 saturated carbocycles. The minimum absolute atomic E-state index is 0.0939. The van der Waals surface area contributed by atoms with Crippen molar-refractivity contribution in [3.63, 3.8) is 0 Å². The third-order valence-corrected chi connectivity index (χ3v) is 6.58. The highest BCUT2D eigenvalue weighted by atomic mass is 32.1. The van der Waals surface area contributed by atoms with E-state index in [4.69, 9.17) is 20.9 Å². The summed E-state index contributed by atoms with van der Waals surface area (Å²) in [6, 6.07) is 8.67. The lowest BCUT2D eigenvalue weighted by molar-refractivity contribution is -0.122. The van der Waals surface area contributed by atoms with Gasteiger partial charge in [0.25, 0.3) is 11.8 Å². The summed E-state index contributed by atoms with van der Waals surface area (Å²) >= 11 is 0.681. The van der Waals surface area contributed by atoms with Gasteiger partial charge in [-0.05, 0) is 65.8 Å². The Kier molecular flexibility index (Phi) is 9.24. The van der Waals surface area contributed by atoms with Gasteiger partial charge in [0.15, 0.2) is 17.2 Å². The number of ether oxygens (including phenoxy) is 2. The average Bonchev–Trinajstić information content (AvgIpc) is 3.28. The Bertz CT molecular complexity index is 1310. The first-order valence-corrected chi connectivity index (χ1v) is 12.5. The van der Waals surface area contributed by atoms with Crippen LogP contribution < -0.4 is 31.2 Å². The highest BCUT2D eigenvalue weighted by molar-refractivity contribution is 7.09. The monoisotopic (exact) mass is 543 g/mol. The number of nitrogen functional groups attached to an aromatic ring is 1. The Morgan fingerprint density at radius 2 is 1.74 bits per heavy atom. The smallest absolute Gasteiger partial charge is 0.273 e. The van der Waals surface area contributed by atoms with Crippen LogP contribution >= 0.6 is 11.5 Å². The van der Waals surface area contributed by atoms with Gasteiger partial charge in [-0.3, -0.25) is 19.3 Å². The number of halogens is 1. The van der Waals surface area contributed by atoms with Crippen LogP contribution in [0.4, 0.5) is 15.8 Å². The first kappa shape index (κ1) is 28.4. The van der Waals surface area contributed by atoms with Crippen LogP contribution in [0.3, 0.4) is 0 Å². The molecule has 38 heavy (non-hydrogen) atoms. The van der Waals surface area contributed by atoms with Crippen LogP contribution in [-0.2, 0) is 4.79 Å². The molecule has 0 aliphatic rings. The van der Waals surface area contributed by atoms with Crippen molar-refractivity contribution in [2.75, 3.05) is 31.4 Å². The first-order chi connectivity index (χ1) is 18.1. The number of nitrogens with one attached hydrogen (secondary N) is 1. The van der Waals surface area contributed by atoms with Crippen LogP contribution in [0.15, 0.2) is 42.5 Å². The molecule has 0 unspecified atom stereocenters. The van der Waals surface area contributed by atoms with Gasteiger partial charge in [0.2, 0.25) is 5.91 Å². The molecule has 3 aromatic rings. The van der Waals surface area contributed by atoms with Crippen molar-refractivity contribution < 1.29 is 28.2 Å². The van der Waals surface area contributed by atoms with E-state index in [1.165, 1.54) is 43.4 Å². The number of hydrogen-bond donors (Lipinski definition) is 3. The third kappa shape index (κ3) is 6.20. The lowest BCUT2D eigenvalue weighted by Gasteiger charge is -2.31. The van der Waals surface area contributed by atoms with Crippen LogP contribution in [0.25, 0.3) is 0 Å². The molecule has 3 rings (SSSR count). The number of hydrogen-bond acceptors (Lipinski definition) is 8. The maximum atomic E-state index is 14.0. The second-order valence-electron chi connectivity index (χ2n) is 8.78. The predicted octanol–water partition coefficient (Wildman–Crippen LogP) is 3.53. The Hall–Kier alpha value is -4.19. The van der Waals surface area contributed by atoms with Gasteiger partial charge in [-0.2, -0.15) is 4.37 Å². The van der Waals surface area contributed by atoms with Gasteiger partial charge in [0, 0.05) is 12.2 Å². The van der Waals surface area contributed by atoms with Gasteiger partial charge in [-0.1, -0.05) is 19.9 Å². The summed E-state index contributed by atoms with van der Waals surface area (Å²) in [5.41, 5.74) is 11.5. The average molecular weight is 544 g/mol. The van der Waals surface area contributed by atoms with Crippen LogP contribution in [0.5, 0.6) is 11.5 Å². The number of aromatic nitrogens is 1. The summed E-state index contributed by atoms with van der Waals surface area (Å²) in [7, 11) is 2.93. The van der Waals surface area contributed by atoms with E-state index in [1.54, 1.807) is 18.2 Å². The van der Waals surface area contributed by atoms with Gasteiger partial charge in [0.1, 0.15) is 16.7 Å². The first-order valence-electron chi connectivity index (χ1n) is 11.7. The highest BCUT2D eigenvalue weighted by Crippen LogP contribution is 2.36. The number of rotatable bonds is 11. The Labute approximate surface area is 223 Å². The normalized spacial score (nSPS) is 11.6. The quantitative estimate of drug-likeness (QED) is 0.335. The molecule has 0 saturated heterocycles. The maximum absolute atomic E-state index is 14.0. The molecular formula is C26H30FN5O5S. The van der Waals surface area contributed by atoms with Gasteiger partial charge < -0.3 is 26.3 Å². The fourth-order valence-corrected chi connectivity index (χ4v) is 4.49. The second-order valence-corrected chi connectivity index (χ2v) is 9.55. The molecule has 0 spiro atoms. The molecule has 202 valence electrons. The molecule has 2 aromatic carbocycles. The SMILES string of the molecule is COc1ccc([C@@H](C(=O)NCCC(C)C)N(C(=O)c2snc(C(N)=O)c2N)c2ccc(F)cc2)cc1OC. The van der Waals surface area contributed by atoms with E-state index in [1.807, 2.05) is 13.8 Å². The van der Waals surface area contributed by atoms with Gasteiger partial charge in [-0.25, -0.2) is 4.39 Å². The number of amides is 3. The summed E-state index contributed by atoms with van der Waals surface area (Å²) in [6.45, 7) is 4.41. The summed E-state index contributed by atoms with van der Waals surface area (Å²) in [5.74, 6) is -1.55. The minimum Gasteiger partial charge on any atom is -0.493 e. The summed E-state index contributed by atoms with van der Waals surface area (Å²) in [4.78, 5) is 40.5. The van der Waals surface area contributed by atoms with E-state index in [0.717, 1.165) is 0 Å². The molecule has 1 heterocycles. The number of nitrogens with zero attached hydrogens (tertiary/aromatic N) is 2. The summed E-state index contributed by atoms with van der Waals surface area (Å²) < 4.78 is 28.5. The molecule has 1 atom stereocenters. The zero-order chi connectivity index (χ0) is 28.0. The molecule has 0 fully saturated rings. The fourth-order valence-electron chi connectivity index (χ4n) is 3.75. The Morgan fingerprint density at radius 3 is 2.29 bits per heavy atom. The van der Waals surface area contributed by atoms with E-state index >= 15 is 0 Å². The Morgan fingerprint density at radius 1 is 1.08 bits per heavy atom. The van der Waals surface area contributed by atoms with E-state index in [2.05, 4.69) is 9.69 Å². The van der Waals surface area contributed by atoms with Crippen molar-refractivity contribution in [2.45, 2.75) is 26.3 Å². The highest BCUT2D eigenvalue weighted by Gasteiger charge is 2.36. The number of benzene rings is 2. The lowest BCUT2D eigenvalue weighted by Crippen LogP contribution is -2.44. The van der Waals surface area contributed by atoms with Gasteiger partial charge in [0.05, 0.1) is 19.9 Å².